The van der Waals surface area contributed by atoms with Crippen LogP contribution in [0.1, 0.15) is 60.1 Å². The zero-order valence-electron chi connectivity index (χ0n) is 18.0. The van der Waals surface area contributed by atoms with Crippen molar-refractivity contribution in [1.82, 2.24) is 0 Å². The predicted molar refractivity (Wildman–Crippen MR) is 119 cm³/mol. The Balaban J connectivity index is 1.80. The van der Waals surface area contributed by atoms with Crippen LogP contribution in [0, 0.1) is 47.0 Å². The summed E-state index contributed by atoms with van der Waals surface area (Å²) in [5.74, 6) is 5.21. The zero-order chi connectivity index (χ0) is 23.1. The van der Waals surface area contributed by atoms with Crippen LogP contribution in [0.2, 0.25) is 0 Å². The van der Waals surface area contributed by atoms with Gasteiger partial charge in [-0.2, -0.15) is 0 Å². The number of halogens is 4. The third-order valence-electron chi connectivity index (χ3n) is 4.91. The van der Waals surface area contributed by atoms with Crippen LogP contribution >= 0.6 is 0 Å². The first-order valence-electron chi connectivity index (χ1n) is 10.5. The molecular weight excluding hydrogens is 412 g/mol. The van der Waals surface area contributed by atoms with E-state index in [9.17, 15) is 17.6 Å². The minimum atomic E-state index is -1.47. The normalized spacial score (nSPS) is 10.2. The Bertz CT molecular complexity index is 1190. The third kappa shape index (κ3) is 5.40. The first kappa shape index (κ1) is 23.2. The second-order valence-electron chi connectivity index (χ2n) is 7.38. The molecule has 0 aliphatic rings. The number of benzene rings is 3. The molecule has 0 heterocycles. The standard InChI is InChI=1S/C28H22F4/c1-3-5-19-7-9-20(10-8-19)11-12-21-13-15-22(16-14-21)17-18-24-27(31)25(29)23(6-4-2)26(30)28(24)32/h7-10,13-16H,3-6H2,1-2H3. The van der Waals surface area contributed by atoms with Crippen LogP contribution in [-0.2, 0) is 12.8 Å². The second kappa shape index (κ2) is 10.7. The largest absolute Gasteiger partial charge is 0.203 e. The molecule has 0 spiro atoms. The van der Waals surface area contributed by atoms with E-state index in [1.54, 1.807) is 31.2 Å². The molecule has 0 aliphatic carbocycles. The lowest BCUT2D eigenvalue weighted by atomic mass is 10.0. The van der Waals surface area contributed by atoms with Gasteiger partial charge >= 0.3 is 0 Å². The van der Waals surface area contributed by atoms with E-state index >= 15 is 0 Å². The molecule has 162 valence electrons. The van der Waals surface area contributed by atoms with Gasteiger partial charge in [-0.1, -0.05) is 62.5 Å². The average molecular weight is 434 g/mol. The summed E-state index contributed by atoms with van der Waals surface area (Å²) in [4.78, 5) is 0. The molecule has 0 amide bonds. The molecule has 4 heteroatoms. The Morgan fingerprint density at radius 3 is 1.38 bits per heavy atom. The molecule has 3 rings (SSSR count). The van der Waals surface area contributed by atoms with E-state index in [1.165, 1.54) is 5.56 Å². The summed E-state index contributed by atoms with van der Waals surface area (Å²) in [6, 6.07) is 14.8. The van der Waals surface area contributed by atoms with Crippen molar-refractivity contribution in [1.29, 1.82) is 0 Å². The van der Waals surface area contributed by atoms with E-state index < -0.39 is 34.4 Å². The fourth-order valence-corrected chi connectivity index (χ4v) is 3.22. The lowest BCUT2D eigenvalue weighted by Gasteiger charge is -2.07. The molecule has 0 nitrogen and oxygen atoms in total. The van der Waals surface area contributed by atoms with Gasteiger partial charge in [0.2, 0.25) is 0 Å². The summed E-state index contributed by atoms with van der Waals surface area (Å²) in [6.07, 6.45) is 2.39. The van der Waals surface area contributed by atoms with Crippen LogP contribution in [-0.4, -0.2) is 0 Å². The monoisotopic (exact) mass is 434 g/mol. The van der Waals surface area contributed by atoms with E-state index in [0.29, 0.717) is 12.0 Å². The highest BCUT2D eigenvalue weighted by molar-refractivity contribution is 5.49. The molecule has 0 aliphatic heterocycles. The quantitative estimate of drug-likeness (QED) is 0.237. The third-order valence-corrected chi connectivity index (χ3v) is 4.91. The fourth-order valence-electron chi connectivity index (χ4n) is 3.22. The van der Waals surface area contributed by atoms with Crippen LogP contribution in [0.3, 0.4) is 0 Å². The summed E-state index contributed by atoms with van der Waals surface area (Å²) < 4.78 is 56.6. The van der Waals surface area contributed by atoms with Crippen LogP contribution in [0.15, 0.2) is 48.5 Å². The van der Waals surface area contributed by atoms with Gasteiger partial charge in [-0.15, -0.1) is 0 Å². The summed E-state index contributed by atoms with van der Waals surface area (Å²) in [5, 5.41) is 0. The molecule has 0 bridgehead atoms. The van der Waals surface area contributed by atoms with Gasteiger partial charge in [-0.05, 0) is 54.8 Å². The summed E-state index contributed by atoms with van der Waals surface area (Å²) in [7, 11) is 0. The van der Waals surface area contributed by atoms with Gasteiger partial charge < -0.3 is 0 Å². The molecule has 0 N–H and O–H groups in total. The molecule has 0 aromatic heterocycles. The first-order chi connectivity index (χ1) is 15.4. The Labute approximate surface area is 186 Å². The number of hydrogen-bond acceptors (Lipinski definition) is 0. The van der Waals surface area contributed by atoms with Gasteiger partial charge in [0.25, 0.3) is 0 Å². The van der Waals surface area contributed by atoms with E-state index in [2.05, 4.69) is 42.7 Å². The molecule has 3 aromatic rings. The van der Waals surface area contributed by atoms with Crippen LogP contribution in [0.5, 0.6) is 0 Å². The average Bonchev–Trinajstić information content (AvgIpc) is 2.81. The van der Waals surface area contributed by atoms with Crippen molar-refractivity contribution in [3.63, 3.8) is 0 Å². The lowest BCUT2D eigenvalue weighted by molar-refractivity contribution is 0.435. The van der Waals surface area contributed by atoms with Crippen molar-refractivity contribution in [2.24, 2.45) is 0 Å². The highest BCUT2D eigenvalue weighted by atomic mass is 19.2. The number of hydrogen-bond donors (Lipinski definition) is 0. The van der Waals surface area contributed by atoms with Crippen LogP contribution in [0.25, 0.3) is 0 Å². The molecule has 0 unspecified atom stereocenters. The summed E-state index contributed by atoms with van der Waals surface area (Å²) in [6.45, 7) is 3.80. The second-order valence-corrected chi connectivity index (χ2v) is 7.38. The minimum Gasteiger partial charge on any atom is -0.203 e. The number of rotatable bonds is 4. The maximum absolute atomic E-state index is 14.2. The van der Waals surface area contributed by atoms with Gasteiger partial charge in [0.15, 0.2) is 23.3 Å². The summed E-state index contributed by atoms with van der Waals surface area (Å²) >= 11 is 0. The van der Waals surface area contributed by atoms with Crippen molar-refractivity contribution >= 4 is 0 Å². The van der Waals surface area contributed by atoms with Gasteiger partial charge in [-0.3, -0.25) is 0 Å². The number of aryl methyl sites for hydroxylation is 1. The minimum absolute atomic E-state index is 0.0927. The fraction of sp³-hybridized carbons (Fsp3) is 0.214. The van der Waals surface area contributed by atoms with Crippen molar-refractivity contribution < 1.29 is 17.6 Å². The molecule has 3 aromatic carbocycles. The van der Waals surface area contributed by atoms with E-state index in [4.69, 9.17) is 0 Å². The van der Waals surface area contributed by atoms with Gasteiger partial charge in [-0.25, -0.2) is 17.6 Å². The maximum atomic E-state index is 14.2. The Hall–Kier alpha value is -3.50. The smallest absolute Gasteiger partial charge is 0.177 e. The predicted octanol–water partition coefficient (Wildman–Crippen LogP) is 6.95. The lowest BCUT2D eigenvalue weighted by Crippen LogP contribution is -2.06. The van der Waals surface area contributed by atoms with Crippen LogP contribution < -0.4 is 0 Å². The molecule has 0 saturated carbocycles. The Kier molecular flexibility index (Phi) is 7.74. The van der Waals surface area contributed by atoms with Gasteiger partial charge in [0, 0.05) is 22.3 Å². The van der Waals surface area contributed by atoms with E-state index in [-0.39, 0.29) is 6.42 Å². The highest BCUT2D eigenvalue weighted by Gasteiger charge is 2.23. The zero-order valence-corrected chi connectivity index (χ0v) is 18.0. The Morgan fingerprint density at radius 1 is 0.531 bits per heavy atom. The van der Waals surface area contributed by atoms with Crippen molar-refractivity contribution in [3.8, 4) is 23.7 Å². The van der Waals surface area contributed by atoms with Crippen molar-refractivity contribution in [3.05, 3.63) is 105 Å². The van der Waals surface area contributed by atoms with E-state index in [1.807, 2.05) is 12.1 Å². The Morgan fingerprint density at radius 2 is 0.938 bits per heavy atom. The molecular formula is C28H22F4. The van der Waals surface area contributed by atoms with Gasteiger partial charge in [0.05, 0.1) is 0 Å². The molecule has 32 heavy (non-hydrogen) atoms. The van der Waals surface area contributed by atoms with E-state index in [0.717, 1.165) is 24.0 Å². The molecule has 0 atom stereocenters. The van der Waals surface area contributed by atoms with Crippen molar-refractivity contribution in [2.75, 3.05) is 0 Å². The maximum Gasteiger partial charge on any atom is 0.177 e. The molecule has 0 saturated heterocycles. The van der Waals surface area contributed by atoms with Gasteiger partial charge in [0.1, 0.15) is 5.56 Å². The summed E-state index contributed by atoms with van der Waals surface area (Å²) in [5.41, 5.74) is 1.86. The van der Waals surface area contributed by atoms with Crippen LogP contribution in [0.4, 0.5) is 17.6 Å². The van der Waals surface area contributed by atoms with Crippen molar-refractivity contribution in [2.45, 2.75) is 39.5 Å². The molecule has 0 radical (unpaired) electrons. The SMILES string of the molecule is CCCc1ccc(C#Cc2ccc(C#Cc3c(F)c(F)c(CCC)c(F)c3F)cc2)cc1. The highest BCUT2D eigenvalue weighted by Crippen LogP contribution is 2.24. The topological polar surface area (TPSA) is 0 Å². The first-order valence-corrected chi connectivity index (χ1v) is 10.5. The molecule has 0 fully saturated rings.